The average Bonchev–Trinajstić information content (AvgIpc) is 2.41. The maximum Gasteiger partial charge on any atom is 0.271 e. The molecule has 0 aliphatic heterocycles. The molecule has 5 nitrogen and oxygen atoms in total. The molecule has 2 N–H and O–H groups in total. The van der Waals surface area contributed by atoms with E-state index in [9.17, 15) is 4.79 Å². The molecule has 0 aliphatic carbocycles. The molecule has 0 radical (unpaired) electrons. The molecule has 0 saturated heterocycles. The number of amides is 1. The number of nitrogens with zero attached hydrogens (tertiary/aromatic N) is 2. The number of aromatic nitrogens is 2. The van der Waals surface area contributed by atoms with Crippen molar-refractivity contribution in [2.24, 2.45) is 0 Å². The standard InChI is InChI=1S/C13H12ClN3O2/c14-12-8-15-7-11(17-12)13(19)16-6-5-9-1-3-10(18)4-2-9/h1-4,7-8,18H,5-6H2,(H,16,19). The van der Waals surface area contributed by atoms with Gasteiger partial charge in [-0.15, -0.1) is 0 Å². The lowest BCUT2D eigenvalue weighted by molar-refractivity contribution is 0.0948. The van der Waals surface area contributed by atoms with Crippen molar-refractivity contribution in [1.82, 2.24) is 15.3 Å². The molecule has 19 heavy (non-hydrogen) atoms. The Morgan fingerprint density at radius 1 is 1.26 bits per heavy atom. The molecule has 0 aliphatic rings. The Morgan fingerprint density at radius 2 is 2.00 bits per heavy atom. The number of aromatic hydroxyl groups is 1. The summed E-state index contributed by atoms with van der Waals surface area (Å²) in [6.45, 7) is 0.470. The first-order valence-corrected chi connectivity index (χ1v) is 6.06. The van der Waals surface area contributed by atoms with Gasteiger partial charge >= 0.3 is 0 Å². The Balaban J connectivity index is 1.86. The molecule has 1 aromatic heterocycles. The summed E-state index contributed by atoms with van der Waals surface area (Å²) >= 11 is 5.66. The Hall–Kier alpha value is -2.14. The normalized spacial score (nSPS) is 10.2. The molecule has 0 fully saturated rings. The van der Waals surface area contributed by atoms with Gasteiger partial charge in [0.05, 0.1) is 12.4 Å². The minimum Gasteiger partial charge on any atom is -0.508 e. The molecular formula is C13H12ClN3O2. The highest BCUT2D eigenvalue weighted by Crippen LogP contribution is 2.09. The van der Waals surface area contributed by atoms with Crippen LogP contribution in [-0.2, 0) is 6.42 Å². The van der Waals surface area contributed by atoms with Crippen molar-refractivity contribution in [2.75, 3.05) is 6.54 Å². The summed E-state index contributed by atoms with van der Waals surface area (Å²) in [5.74, 6) is -0.0873. The lowest BCUT2D eigenvalue weighted by Gasteiger charge is -2.05. The maximum absolute atomic E-state index is 11.7. The summed E-state index contributed by atoms with van der Waals surface area (Å²) < 4.78 is 0. The van der Waals surface area contributed by atoms with Gasteiger partial charge in [0.25, 0.3) is 5.91 Å². The number of halogens is 1. The number of rotatable bonds is 4. The van der Waals surface area contributed by atoms with Crippen molar-refractivity contribution < 1.29 is 9.90 Å². The van der Waals surface area contributed by atoms with Crippen LogP contribution in [0.2, 0.25) is 5.15 Å². The summed E-state index contributed by atoms with van der Waals surface area (Å²) in [5, 5.41) is 12.1. The third kappa shape index (κ3) is 3.93. The van der Waals surface area contributed by atoms with Gasteiger partial charge < -0.3 is 10.4 Å². The van der Waals surface area contributed by atoms with Gasteiger partial charge in [0.2, 0.25) is 0 Å². The van der Waals surface area contributed by atoms with Crippen LogP contribution < -0.4 is 5.32 Å². The lowest BCUT2D eigenvalue weighted by Crippen LogP contribution is -2.26. The Kier molecular flexibility index (Phi) is 4.30. The largest absolute Gasteiger partial charge is 0.508 e. The van der Waals surface area contributed by atoms with Crippen molar-refractivity contribution in [3.05, 3.63) is 53.1 Å². The average molecular weight is 278 g/mol. The smallest absolute Gasteiger partial charge is 0.271 e. The van der Waals surface area contributed by atoms with Gasteiger partial charge in [-0.05, 0) is 24.1 Å². The summed E-state index contributed by atoms with van der Waals surface area (Å²) in [6.07, 6.45) is 3.40. The molecule has 1 aromatic carbocycles. The third-order valence-electron chi connectivity index (χ3n) is 2.47. The fraction of sp³-hybridized carbons (Fsp3) is 0.154. The van der Waals surface area contributed by atoms with Crippen molar-refractivity contribution in [3.8, 4) is 5.75 Å². The second kappa shape index (κ2) is 6.15. The molecule has 0 bridgehead atoms. The SMILES string of the molecule is O=C(NCCc1ccc(O)cc1)c1cncc(Cl)n1. The molecule has 0 atom stereocenters. The number of phenols is 1. The first kappa shape index (κ1) is 13.3. The van der Waals surface area contributed by atoms with Crippen LogP contribution >= 0.6 is 11.6 Å². The van der Waals surface area contributed by atoms with E-state index in [0.29, 0.717) is 13.0 Å². The van der Waals surface area contributed by atoms with Crippen LogP contribution in [-0.4, -0.2) is 27.5 Å². The molecule has 2 aromatic rings. The van der Waals surface area contributed by atoms with Gasteiger partial charge in [-0.1, -0.05) is 23.7 Å². The molecule has 0 unspecified atom stereocenters. The second-order valence-corrected chi connectivity index (χ2v) is 4.29. The highest BCUT2D eigenvalue weighted by Gasteiger charge is 2.07. The molecule has 0 saturated carbocycles. The zero-order chi connectivity index (χ0) is 13.7. The predicted octanol–water partition coefficient (Wildman–Crippen LogP) is 1.81. The van der Waals surface area contributed by atoms with E-state index in [1.165, 1.54) is 12.4 Å². The van der Waals surface area contributed by atoms with E-state index in [4.69, 9.17) is 16.7 Å². The van der Waals surface area contributed by atoms with E-state index >= 15 is 0 Å². The Labute approximate surface area is 115 Å². The number of carbonyl (C=O) groups excluding carboxylic acids is 1. The number of phenolic OH excluding ortho intramolecular Hbond substituents is 1. The highest BCUT2D eigenvalue weighted by molar-refractivity contribution is 6.29. The number of carbonyl (C=O) groups is 1. The van der Waals surface area contributed by atoms with Crippen LogP contribution in [0.15, 0.2) is 36.7 Å². The van der Waals surface area contributed by atoms with Gasteiger partial charge in [-0.3, -0.25) is 9.78 Å². The Bertz CT molecular complexity index is 572. The van der Waals surface area contributed by atoms with E-state index in [0.717, 1.165) is 5.56 Å². The molecule has 6 heteroatoms. The van der Waals surface area contributed by atoms with Crippen LogP contribution in [0, 0.1) is 0 Å². The third-order valence-corrected chi connectivity index (χ3v) is 2.66. The van der Waals surface area contributed by atoms with Crippen molar-refractivity contribution >= 4 is 17.5 Å². The summed E-state index contributed by atoms with van der Waals surface area (Å²) in [4.78, 5) is 19.4. The number of hydrogen-bond donors (Lipinski definition) is 2. The maximum atomic E-state index is 11.7. The molecule has 2 rings (SSSR count). The monoisotopic (exact) mass is 277 g/mol. The van der Waals surface area contributed by atoms with Gasteiger partial charge in [-0.2, -0.15) is 0 Å². The number of hydrogen-bond acceptors (Lipinski definition) is 4. The first-order valence-electron chi connectivity index (χ1n) is 5.69. The number of nitrogens with one attached hydrogen (secondary N) is 1. The van der Waals surface area contributed by atoms with Crippen LogP contribution in [0.5, 0.6) is 5.75 Å². The minimum atomic E-state index is -0.311. The van der Waals surface area contributed by atoms with E-state index in [1.54, 1.807) is 24.3 Å². The molecule has 1 amide bonds. The van der Waals surface area contributed by atoms with Gasteiger partial charge in [0.1, 0.15) is 16.6 Å². The van der Waals surface area contributed by atoms with Gasteiger partial charge in [0.15, 0.2) is 0 Å². The summed E-state index contributed by atoms with van der Waals surface area (Å²) in [6, 6.07) is 6.83. The van der Waals surface area contributed by atoms with E-state index in [1.807, 2.05) is 0 Å². The first-order chi connectivity index (χ1) is 9.15. The fourth-order valence-electron chi connectivity index (χ4n) is 1.53. The van der Waals surface area contributed by atoms with Crippen molar-refractivity contribution in [1.29, 1.82) is 0 Å². The van der Waals surface area contributed by atoms with Crippen LogP contribution in [0.25, 0.3) is 0 Å². The number of benzene rings is 1. The predicted molar refractivity (Wildman–Crippen MR) is 71.2 cm³/mol. The summed E-state index contributed by atoms with van der Waals surface area (Å²) in [5.41, 5.74) is 1.22. The molecule has 1 heterocycles. The zero-order valence-electron chi connectivity index (χ0n) is 10.0. The molecule has 98 valence electrons. The Morgan fingerprint density at radius 3 is 2.68 bits per heavy atom. The quantitative estimate of drug-likeness (QED) is 0.894. The van der Waals surface area contributed by atoms with E-state index in [-0.39, 0.29) is 22.5 Å². The molecule has 0 spiro atoms. The highest BCUT2D eigenvalue weighted by atomic mass is 35.5. The van der Waals surface area contributed by atoms with Crippen LogP contribution in [0.3, 0.4) is 0 Å². The second-order valence-electron chi connectivity index (χ2n) is 3.90. The molecular weight excluding hydrogens is 266 g/mol. The van der Waals surface area contributed by atoms with Crippen molar-refractivity contribution in [2.45, 2.75) is 6.42 Å². The lowest BCUT2D eigenvalue weighted by atomic mass is 10.1. The summed E-state index contributed by atoms with van der Waals surface area (Å²) in [7, 11) is 0. The van der Waals surface area contributed by atoms with Crippen LogP contribution in [0.1, 0.15) is 16.1 Å². The topological polar surface area (TPSA) is 75.1 Å². The van der Waals surface area contributed by atoms with Crippen molar-refractivity contribution in [3.63, 3.8) is 0 Å². The van der Waals surface area contributed by atoms with E-state index < -0.39 is 0 Å². The zero-order valence-corrected chi connectivity index (χ0v) is 10.8. The van der Waals surface area contributed by atoms with E-state index in [2.05, 4.69) is 15.3 Å². The van der Waals surface area contributed by atoms with Crippen LogP contribution in [0.4, 0.5) is 0 Å². The minimum absolute atomic E-state index is 0.186. The van der Waals surface area contributed by atoms with Gasteiger partial charge in [0, 0.05) is 6.54 Å². The fourth-order valence-corrected chi connectivity index (χ4v) is 1.67. The van der Waals surface area contributed by atoms with Gasteiger partial charge in [-0.25, -0.2) is 4.98 Å².